The Labute approximate surface area is 132 Å². The van der Waals surface area contributed by atoms with Gasteiger partial charge in [0.1, 0.15) is 5.84 Å². The minimum atomic E-state index is -1.59. The van der Waals surface area contributed by atoms with Crippen molar-refractivity contribution < 1.29 is 9.90 Å². The zero-order valence-corrected chi connectivity index (χ0v) is 12.1. The summed E-state index contributed by atoms with van der Waals surface area (Å²) >= 11 is 0. The molecule has 2 aliphatic rings. The van der Waals surface area contributed by atoms with E-state index in [9.17, 15) is 9.90 Å². The Bertz CT molecular complexity index is 882. The number of carbonyl (C=O) groups is 1. The summed E-state index contributed by atoms with van der Waals surface area (Å²) in [6.07, 6.45) is 3.33. The van der Waals surface area contributed by atoms with Gasteiger partial charge < -0.3 is 10.0 Å². The van der Waals surface area contributed by atoms with Gasteiger partial charge in [0.2, 0.25) is 5.78 Å². The minimum Gasteiger partial charge on any atom is -0.374 e. The Morgan fingerprint density at radius 1 is 1.26 bits per heavy atom. The van der Waals surface area contributed by atoms with Crippen LogP contribution in [0.15, 0.2) is 47.7 Å². The van der Waals surface area contributed by atoms with Gasteiger partial charge in [0, 0.05) is 24.8 Å². The molecule has 0 saturated carbocycles. The van der Waals surface area contributed by atoms with E-state index in [4.69, 9.17) is 5.26 Å². The van der Waals surface area contributed by atoms with Crippen LogP contribution in [-0.4, -0.2) is 33.9 Å². The molecule has 1 aromatic carbocycles. The zero-order valence-electron chi connectivity index (χ0n) is 12.1. The molecule has 0 amide bonds. The highest BCUT2D eigenvalue weighted by Crippen LogP contribution is 2.38. The molecule has 0 radical (unpaired) electrons. The molecule has 112 valence electrons. The number of rotatable bonds is 1. The third-order valence-electron chi connectivity index (χ3n) is 4.28. The maximum Gasteiger partial charge on any atom is 0.204 e. The SMILES string of the molecule is N#Cc1ccc(N2CCC3(O)C(=O)c4ccncc4N=C23)cc1. The van der Waals surface area contributed by atoms with Gasteiger partial charge in [-0.3, -0.25) is 9.78 Å². The monoisotopic (exact) mass is 304 g/mol. The summed E-state index contributed by atoms with van der Waals surface area (Å²) in [6.45, 7) is 0.481. The minimum absolute atomic E-state index is 0.284. The smallest absolute Gasteiger partial charge is 0.204 e. The highest BCUT2D eigenvalue weighted by molar-refractivity contribution is 6.28. The molecular formula is C17H12N4O2. The number of ketones is 1. The molecule has 6 nitrogen and oxygen atoms in total. The van der Waals surface area contributed by atoms with Crippen LogP contribution in [0.5, 0.6) is 0 Å². The van der Waals surface area contributed by atoms with Crippen molar-refractivity contribution in [2.45, 2.75) is 12.0 Å². The van der Waals surface area contributed by atoms with Crippen LogP contribution < -0.4 is 4.90 Å². The maximum atomic E-state index is 12.7. The topological polar surface area (TPSA) is 89.6 Å². The third-order valence-corrected chi connectivity index (χ3v) is 4.28. The molecule has 1 N–H and O–H groups in total. The van der Waals surface area contributed by atoms with Gasteiger partial charge in [-0.25, -0.2) is 4.99 Å². The predicted octanol–water partition coefficient (Wildman–Crippen LogP) is 1.82. The molecule has 1 aromatic heterocycles. The fraction of sp³-hybridized carbons (Fsp3) is 0.176. The van der Waals surface area contributed by atoms with Crippen LogP contribution in [0.1, 0.15) is 22.3 Å². The number of hydrogen-bond acceptors (Lipinski definition) is 6. The Hall–Kier alpha value is -3.04. The lowest BCUT2D eigenvalue weighted by atomic mass is 9.88. The van der Waals surface area contributed by atoms with Crippen LogP contribution in [-0.2, 0) is 0 Å². The average molecular weight is 304 g/mol. The molecule has 1 atom stereocenters. The van der Waals surface area contributed by atoms with E-state index in [-0.39, 0.29) is 12.2 Å². The summed E-state index contributed by atoms with van der Waals surface area (Å²) in [5.41, 5.74) is 0.617. The number of hydrogen-bond donors (Lipinski definition) is 1. The van der Waals surface area contributed by atoms with E-state index in [0.29, 0.717) is 29.2 Å². The summed E-state index contributed by atoms with van der Waals surface area (Å²) in [7, 11) is 0. The number of aliphatic hydroxyl groups is 1. The Morgan fingerprint density at radius 3 is 2.78 bits per heavy atom. The number of Topliss-reactive ketones (excluding diaryl/α,β-unsaturated/α-hetero) is 1. The second kappa shape index (κ2) is 4.73. The molecule has 3 heterocycles. The largest absolute Gasteiger partial charge is 0.374 e. The third kappa shape index (κ3) is 1.87. The number of amidine groups is 1. The highest BCUT2D eigenvalue weighted by atomic mass is 16.3. The molecule has 2 aromatic rings. The van der Waals surface area contributed by atoms with Crippen LogP contribution in [0.25, 0.3) is 0 Å². The molecule has 0 spiro atoms. The quantitative estimate of drug-likeness (QED) is 0.868. The number of aliphatic imine (C=N–C) groups is 1. The Morgan fingerprint density at radius 2 is 2.04 bits per heavy atom. The molecule has 1 saturated heterocycles. The standard InChI is InChI=1S/C17H12N4O2/c18-9-11-1-3-12(4-2-11)21-8-6-17(23)15(22)13-5-7-19-10-14(13)20-16(17)21/h1-5,7,10,23H,6,8H2. The number of aromatic nitrogens is 1. The van der Waals surface area contributed by atoms with Crippen molar-refractivity contribution in [3.63, 3.8) is 0 Å². The number of pyridine rings is 1. The normalized spacial score (nSPS) is 22.2. The van der Waals surface area contributed by atoms with Gasteiger partial charge in [-0.1, -0.05) is 0 Å². The number of carbonyl (C=O) groups excluding carboxylic acids is 1. The van der Waals surface area contributed by atoms with Crippen LogP contribution in [0, 0.1) is 11.3 Å². The summed E-state index contributed by atoms with van der Waals surface area (Å²) < 4.78 is 0. The van der Waals surface area contributed by atoms with Crippen molar-refractivity contribution in [1.29, 1.82) is 5.26 Å². The van der Waals surface area contributed by atoms with E-state index in [1.807, 2.05) is 4.90 Å². The van der Waals surface area contributed by atoms with Crippen LogP contribution in [0.2, 0.25) is 0 Å². The highest BCUT2D eigenvalue weighted by Gasteiger charge is 2.52. The molecular weight excluding hydrogens is 292 g/mol. The molecule has 2 aliphatic heterocycles. The first-order valence-electron chi connectivity index (χ1n) is 7.21. The molecule has 0 aliphatic carbocycles. The first kappa shape index (κ1) is 13.6. The fourth-order valence-electron chi connectivity index (χ4n) is 3.05. The number of anilines is 1. The first-order chi connectivity index (χ1) is 11.1. The van der Waals surface area contributed by atoms with Crippen LogP contribution >= 0.6 is 0 Å². The van der Waals surface area contributed by atoms with E-state index in [1.54, 1.807) is 30.3 Å². The van der Waals surface area contributed by atoms with Crippen molar-refractivity contribution in [3.8, 4) is 6.07 Å². The number of nitriles is 1. The molecule has 1 fully saturated rings. The lowest BCUT2D eigenvalue weighted by Crippen LogP contribution is -2.48. The summed E-state index contributed by atoms with van der Waals surface area (Å²) in [4.78, 5) is 23.0. The number of benzene rings is 1. The lowest BCUT2D eigenvalue weighted by molar-refractivity contribution is 0.0602. The summed E-state index contributed by atoms with van der Waals surface area (Å²) in [6, 6.07) is 10.6. The first-order valence-corrected chi connectivity index (χ1v) is 7.21. The van der Waals surface area contributed by atoms with E-state index in [1.165, 1.54) is 12.4 Å². The molecule has 0 bridgehead atoms. The van der Waals surface area contributed by atoms with Crippen molar-refractivity contribution in [3.05, 3.63) is 53.9 Å². The van der Waals surface area contributed by atoms with Crippen molar-refractivity contribution in [2.24, 2.45) is 4.99 Å². The Kier molecular flexibility index (Phi) is 2.80. The summed E-state index contributed by atoms with van der Waals surface area (Å²) in [5.74, 6) is -0.0104. The van der Waals surface area contributed by atoms with Crippen LogP contribution in [0.3, 0.4) is 0 Å². The van der Waals surface area contributed by atoms with Gasteiger partial charge in [-0.2, -0.15) is 5.26 Å². The zero-order chi connectivity index (χ0) is 16.0. The van der Waals surface area contributed by atoms with E-state index >= 15 is 0 Å². The van der Waals surface area contributed by atoms with E-state index in [0.717, 1.165) is 5.69 Å². The van der Waals surface area contributed by atoms with Crippen molar-refractivity contribution in [2.75, 3.05) is 11.4 Å². The molecule has 23 heavy (non-hydrogen) atoms. The maximum absolute atomic E-state index is 12.7. The molecule has 4 rings (SSSR count). The fourth-order valence-corrected chi connectivity index (χ4v) is 3.05. The van der Waals surface area contributed by atoms with E-state index < -0.39 is 5.60 Å². The van der Waals surface area contributed by atoms with Gasteiger partial charge in [0.05, 0.1) is 29.1 Å². The summed E-state index contributed by atoms with van der Waals surface area (Å²) in [5, 5.41) is 19.8. The van der Waals surface area contributed by atoms with E-state index in [2.05, 4.69) is 16.0 Å². The van der Waals surface area contributed by atoms with Crippen LogP contribution in [0.4, 0.5) is 11.4 Å². The Balaban J connectivity index is 1.82. The van der Waals surface area contributed by atoms with Crippen molar-refractivity contribution in [1.82, 2.24) is 4.98 Å². The lowest BCUT2D eigenvalue weighted by Gasteiger charge is -2.29. The molecule has 1 unspecified atom stereocenters. The van der Waals surface area contributed by atoms with Gasteiger partial charge in [-0.15, -0.1) is 0 Å². The van der Waals surface area contributed by atoms with Gasteiger partial charge in [-0.05, 0) is 30.3 Å². The average Bonchev–Trinajstić information content (AvgIpc) is 2.93. The second-order valence-electron chi connectivity index (χ2n) is 5.58. The molecule has 6 heteroatoms. The van der Waals surface area contributed by atoms with Gasteiger partial charge >= 0.3 is 0 Å². The van der Waals surface area contributed by atoms with Gasteiger partial charge in [0.15, 0.2) is 5.60 Å². The van der Waals surface area contributed by atoms with Gasteiger partial charge in [0.25, 0.3) is 0 Å². The number of fused-ring (bicyclic) bond motifs is 2. The predicted molar refractivity (Wildman–Crippen MR) is 83.7 cm³/mol. The second-order valence-corrected chi connectivity index (χ2v) is 5.58. The number of nitrogens with zero attached hydrogens (tertiary/aromatic N) is 4. The van der Waals surface area contributed by atoms with Crippen molar-refractivity contribution >= 4 is 23.0 Å².